The first-order valence-electron chi connectivity index (χ1n) is 15.8. The number of hydrogen-bond donors (Lipinski definition) is 4. The van der Waals surface area contributed by atoms with Crippen molar-refractivity contribution in [1.29, 1.82) is 5.41 Å². The summed E-state index contributed by atoms with van der Waals surface area (Å²) in [5.74, 6) is -0.213. The summed E-state index contributed by atoms with van der Waals surface area (Å²) >= 11 is 0. The van der Waals surface area contributed by atoms with Crippen LogP contribution in [0.4, 0.5) is 15.5 Å². The van der Waals surface area contributed by atoms with Crippen LogP contribution in [-0.2, 0) is 24.0 Å². The van der Waals surface area contributed by atoms with Gasteiger partial charge in [-0.3, -0.25) is 34.9 Å². The zero-order valence-electron chi connectivity index (χ0n) is 32.3. The van der Waals surface area contributed by atoms with Gasteiger partial charge in [0.1, 0.15) is 17.2 Å². The largest absolute Gasteiger partial charge is 1.00 e. The molecule has 2 amide bonds. The van der Waals surface area contributed by atoms with Gasteiger partial charge in [-0.25, -0.2) is 19.3 Å². The molecule has 2 aliphatic rings. The van der Waals surface area contributed by atoms with Gasteiger partial charge in [0.15, 0.2) is 5.95 Å². The monoisotopic (exact) mass is 756 g/mol. The minimum Gasteiger partial charge on any atom is -1.00 e. The molecule has 0 unspecified atom stereocenters. The minimum absolute atomic E-state index is 0. The van der Waals surface area contributed by atoms with E-state index in [0.717, 1.165) is 37.8 Å². The maximum Gasteiger partial charge on any atom is 1.00 e. The number of aromatic amines is 1. The smallest absolute Gasteiger partial charge is 1.00 e. The van der Waals surface area contributed by atoms with Crippen LogP contribution in [0.5, 0.6) is 0 Å². The number of amides is 2. The molecule has 2 aromatic heterocycles. The number of nitrogens with one attached hydrogen (secondary N) is 2. The van der Waals surface area contributed by atoms with Crippen LogP contribution in [0, 0.1) is 15.5 Å². The Morgan fingerprint density at radius 2 is 1.56 bits per heavy atom. The molecule has 0 aliphatic carbocycles. The van der Waals surface area contributed by atoms with Crippen LogP contribution in [0.2, 0.25) is 0 Å². The number of nitrogens with zero attached hydrogens (tertiary/aromatic N) is 6. The molecule has 2 aliphatic heterocycles. The fourth-order valence-corrected chi connectivity index (χ4v) is 4.76. The predicted octanol–water partition coefficient (Wildman–Crippen LogP) is -3.74. The molecule has 20 nitrogen and oxygen atoms in total. The summed E-state index contributed by atoms with van der Waals surface area (Å²) in [7, 11) is 0. The fraction of sp³-hybridized carbons (Fsp3) is 0.633. The van der Waals surface area contributed by atoms with E-state index in [1.165, 1.54) is 9.58 Å². The van der Waals surface area contributed by atoms with Crippen LogP contribution in [0.3, 0.4) is 0 Å². The number of carbonyl (C=O) groups excluding carboxylic acids is 4. The molecule has 0 bridgehead atoms. The van der Waals surface area contributed by atoms with Crippen molar-refractivity contribution in [2.45, 2.75) is 103 Å². The number of hydrogen-bond acceptors (Lipinski definition) is 14. The molecule has 0 aromatic carbocycles. The van der Waals surface area contributed by atoms with Gasteiger partial charge in [-0.2, -0.15) is 5.10 Å². The number of piperidine rings is 2. The van der Waals surface area contributed by atoms with E-state index in [2.05, 4.69) is 20.0 Å². The molecule has 4 heterocycles. The number of carbonyl (C=O) groups is 4. The summed E-state index contributed by atoms with van der Waals surface area (Å²) in [5, 5.41) is 29.4. The molecule has 2 saturated heterocycles. The Kier molecular flexibility index (Phi) is 24.3. The van der Waals surface area contributed by atoms with Crippen LogP contribution < -0.4 is 75.8 Å². The Morgan fingerprint density at radius 1 is 1.04 bits per heavy atom. The average Bonchev–Trinajstić information content (AvgIpc) is 3.73. The third kappa shape index (κ3) is 20.1. The van der Waals surface area contributed by atoms with Crippen LogP contribution in [0.15, 0.2) is 24.7 Å². The van der Waals surface area contributed by atoms with E-state index < -0.39 is 40.6 Å². The third-order valence-corrected chi connectivity index (χ3v) is 6.68. The molecule has 2 fully saturated rings. The number of rotatable bonds is 5. The number of ketones is 1. The first-order valence-corrected chi connectivity index (χ1v) is 15.8. The van der Waals surface area contributed by atoms with Gasteiger partial charge in [0.2, 0.25) is 11.7 Å². The van der Waals surface area contributed by atoms with Gasteiger partial charge in [-0.05, 0) is 86.1 Å². The maximum atomic E-state index is 12.2. The quantitative estimate of drug-likeness (QED) is 0.0434. The van der Waals surface area contributed by atoms with E-state index in [0.29, 0.717) is 25.5 Å². The van der Waals surface area contributed by atoms with Crippen LogP contribution in [0.25, 0.3) is 0 Å². The molecular formula is C30H50N10Na2O10. The van der Waals surface area contributed by atoms with Crippen molar-refractivity contribution in [2.75, 3.05) is 25.4 Å². The van der Waals surface area contributed by atoms with Crippen molar-refractivity contribution in [3.8, 4) is 0 Å². The van der Waals surface area contributed by atoms with Crippen LogP contribution in [-0.4, -0.2) is 102 Å². The van der Waals surface area contributed by atoms with Gasteiger partial charge in [0.25, 0.3) is 13.0 Å². The second-order valence-corrected chi connectivity index (χ2v) is 13.1. The van der Waals surface area contributed by atoms with Gasteiger partial charge < -0.3 is 37.5 Å². The Balaban J connectivity index is -0.000000693. The summed E-state index contributed by atoms with van der Waals surface area (Å²) in [6, 6.07) is 0.962. The summed E-state index contributed by atoms with van der Waals surface area (Å²) in [6.45, 7) is 11.0. The van der Waals surface area contributed by atoms with E-state index >= 15 is 0 Å². The average molecular weight is 757 g/mol. The summed E-state index contributed by atoms with van der Waals surface area (Å²) < 4.78 is 12.0. The second kappa shape index (κ2) is 24.9. The van der Waals surface area contributed by atoms with Crippen molar-refractivity contribution < 1.29 is 104 Å². The van der Waals surface area contributed by atoms with Gasteiger partial charge in [-0.1, -0.05) is 0 Å². The molecule has 4 rings (SSSR count). The fourth-order valence-electron chi connectivity index (χ4n) is 4.76. The summed E-state index contributed by atoms with van der Waals surface area (Å²) in [5.41, 5.74) is 10.4. The predicted molar refractivity (Wildman–Crippen MR) is 178 cm³/mol. The number of nitrogens with two attached hydrogens (primary N) is 2. The number of nitro groups is 1. The molecule has 0 spiro atoms. The molecule has 6 N–H and O–H groups in total. The third-order valence-electron chi connectivity index (χ3n) is 6.68. The van der Waals surface area contributed by atoms with E-state index in [9.17, 15) is 24.5 Å². The zero-order valence-corrected chi connectivity index (χ0v) is 35.3. The number of Topliss-reactive ketones (excluding diaryl/α,β-unsaturated/α-hetero) is 1. The molecular weight excluding hydrogens is 706 g/mol. The normalized spacial score (nSPS) is 16.5. The molecule has 52 heavy (non-hydrogen) atoms. The van der Waals surface area contributed by atoms with E-state index in [-0.39, 0.29) is 85.1 Å². The Morgan fingerprint density at radius 3 is 1.96 bits per heavy atom. The first kappa shape index (κ1) is 50.8. The number of imidazole rings is 1. The number of anilines is 1. The van der Waals surface area contributed by atoms with Crippen LogP contribution >= 0.6 is 0 Å². The molecule has 22 heteroatoms. The number of aromatic nitrogens is 4. The SMILES string of the molecule is CC(C)(C)OC(=O)N1CCCC[C@H]1C(=O)C[N+](=O)[O-].CC(C)(C)OC(=O)N1CCCC[C@H]1c1cnc(N)[nH]1.N=C(N)n1cccn1.O=CO[O-].[H-].[Na+].[Na+]. The topological polar surface area (TPSA) is 291 Å². The van der Waals surface area contributed by atoms with Crippen molar-refractivity contribution in [3.63, 3.8) is 0 Å². The summed E-state index contributed by atoms with van der Waals surface area (Å²) in [6.07, 6.45) is 9.05. The molecule has 2 aromatic rings. The van der Waals surface area contributed by atoms with E-state index in [1.807, 2.05) is 20.8 Å². The summed E-state index contributed by atoms with van der Waals surface area (Å²) in [4.78, 5) is 67.1. The second-order valence-electron chi connectivity index (χ2n) is 13.1. The Bertz CT molecular complexity index is 1400. The van der Waals surface area contributed by atoms with Gasteiger partial charge in [0.05, 0.1) is 17.9 Å². The zero-order chi connectivity index (χ0) is 38.1. The number of likely N-dealkylation sites (tertiary alicyclic amines) is 2. The minimum atomic E-state index is -0.746. The number of nitrogen functional groups attached to an aromatic ring is 2. The van der Waals surface area contributed by atoms with E-state index in [1.54, 1.807) is 50.3 Å². The van der Waals surface area contributed by atoms with Crippen molar-refractivity contribution >= 4 is 36.3 Å². The molecule has 282 valence electrons. The first-order chi connectivity index (χ1) is 23.3. The van der Waals surface area contributed by atoms with E-state index in [4.69, 9.17) is 36.4 Å². The van der Waals surface area contributed by atoms with Crippen LogP contribution in [0.1, 0.15) is 93.2 Å². The molecule has 0 saturated carbocycles. The van der Waals surface area contributed by atoms with Gasteiger partial charge >= 0.3 is 71.3 Å². The molecule has 2 atom stereocenters. The van der Waals surface area contributed by atoms with Crippen molar-refractivity contribution in [3.05, 3.63) is 40.5 Å². The molecule has 0 radical (unpaired) electrons. The Labute approximate surface area is 348 Å². The maximum absolute atomic E-state index is 12.2. The Hall–Kier alpha value is -3.27. The van der Waals surface area contributed by atoms with Crippen molar-refractivity contribution in [1.82, 2.24) is 29.5 Å². The van der Waals surface area contributed by atoms with Crippen molar-refractivity contribution in [2.24, 2.45) is 5.73 Å². The number of ether oxygens (including phenoxy) is 2. The number of H-pyrrole nitrogens is 1. The van der Waals surface area contributed by atoms with Gasteiger partial charge in [0, 0.05) is 30.4 Å². The van der Waals surface area contributed by atoms with Gasteiger partial charge in [-0.15, -0.1) is 0 Å². The standard InChI is InChI=1S/C13H22N4O2.C12H20N2O5.C4H6N4.CH2O3.2Na.H/c1-13(2,3)19-12(18)17-7-5-4-6-10(17)9-8-15-11(14)16-9;1-12(2,3)19-11(16)13-7-5-4-6-9(13)10(15)8-14(17)18;5-4(6)8-3-1-2-7-8;2-1-4-3;;;/h8,10H,4-7H2,1-3H3,(H3,14,15,16);9H,4-8H2,1-3H3;1-3H,(H3,5,6);1,3H;;;/q;;;;2*+1;-1/p-1/t10-;9-;;;;;/m00...../s1.